The third-order valence-corrected chi connectivity index (χ3v) is 5.74. The Morgan fingerprint density at radius 3 is 2.23 bits per heavy atom. The van der Waals surface area contributed by atoms with Gasteiger partial charge >= 0.3 is 5.97 Å². The summed E-state index contributed by atoms with van der Waals surface area (Å²) in [5, 5.41) is 13.1. The highest BCUT2D eigenvalue weighted by Gasteiger charge is 2.37. The standard InChI is InChI=1S/C25H27N3O3/c1-16(2)22-23-21(14-20(27-23)25(30)31)28(15-18-11-7-4-8-12-18)24(29)19(26-22)13-17-9-5-3-6-10-17/h3-12,14,16,19,22,26-27H,13,15H2,1-2H3,(H,30,31)/t19-,22+/m0/s1. The van der Waals surface area contributed by atoms with Crippen molar-refractivity contribution in [3.8, 4) is 0 Å². The Morgan fingerprint density at radius 2 is 1.65 bits per heavy atom. The lowest BCUT2D eigenvalue weighted by atomic mass is 9.98. The molecular formula is C25H27N3O3. The SMILES string of the molecule is CC(C)[C@H]1N[C@@H](Cc2ccccc2)C(=O)N(Cc2ccccc2)c2cc(C(=O)O)[nH]c21. The number of hydrogen-bond acceptors (Lipinski definition) is 3. The quantitative estimate of drug-likeness (QED) is 0.562. The summed E-state index contributed by atoms with van der Waals surface area (Å²) in [5.74, 6) is -0.946. The summed E-state index contributed by atoms with van der Waals surface area (Å²) in [5.41, 5.74) is 3.53. The maximum absolute atomic E-state index is 13.8. The predicted octanol–water partition coefficient (Wildman–Crippen LogP) is 4.16. The van der Waals surface area contributed by atoms with Gasteiger partial charge in [0.2, 0.25) is 5.91 Å². The summed E-state index contributed by atoms with van der Waals surface area (Å²) in [6, 6.07) is 20.7. The van der Waals surface area contributed by atoms with Crippen molar-refractivity contribution in [2.75, 3.05) is 4.90 Å². The van der Waals surface area contributed by atoms with Crippen molar-refractivity contribution in [1.82, 2.24) is 10.3 Å². The second-order valence-electron chi connectivity index (χ2n) is 8.33. The van der Waals surface area contributed by atoms with E-state index < -0.39 is 12.0 Å². The van der Waals surface area contributed by atoms with Crippen LogP contribution in [-0.2, 0) is 17.8 Å². The number of H-pyrrole nitrogens is 1. The molecule has 1 aromatic heterocycles. The first kappa shape index (κ1) is 20.9. The fraction of sp³-hybridized carbons (Fsp3) is 0.280. The molecule has 160 valence electrons. The molecule has 2 atom stereocenters. The zero-order valence-electron chi connectivity index (χ0n) is 17.7. The third-order valence-electron chi connectivity index (χ3n) is 5.74. The Hall–Kier alpha value is -3.38. The molecule has 0 bridgehead atoms. The van der Waals surface area contributed by atoms with E-state index in [2.05, 4.69) is 24.1 Å². The lowest BCUT2D eigenvalue weighted by molar-refractivity contribution is -0.120. The number of aromatic nitrogens is 1. The molecule has 0 unspecified atom stereocenters. The number of aromatic carboxylic acids is 1. The lowest BCUT2D eigenvalue weighted by Gasteiger charge is -2.26. The van der Waals surface area contributed by atoms with Crippen molar-refractivity contribution in [3.05, 3.63) is 89.2 Å². The zero-order chi connectivity index (χ0) is 22.0. The van der Waals surface area contributed by atoms with Crippen LogP contribution in [0.2, 0.25) is 0 Å². The molecular weight excluding hydrogens is 390 g/mol. The van der Waals surface area contributed by atoms with Gasteiger partial charge in [-0.05, 0) is 29.5 Å². The van der Waals surface area contributed by atoms with Crippen LogP contribution in [0.4, 0.5) is 5.69 Å². The summed E-state index contributed by atoms with van der Waals surface area (Å²) >= 11 is 0. The molecule has 6 nitrogen and oxygen atoms in total. The van der Waals surface area contributed by atoms with Crippen molar-refractivity contribution < 1.29 is 14.7 Å². The van der Waals surface area contributed by atoms with Gasteiger partial charge in [-0.15, -0.1) is 0 Å². The largest absolute Gasteiger partial charge is 0.477 e. The van der Waals surface area contributed by atoms with E-state index in [1.54, 1.807) is 11.0 Å². The fourth-order valence-electron chi connectivity index (χ4n) is 4.16. The minimum Gasteiger partial charge on any atom is -0.477 e. The number of nitrogens with zero attached hydrogens (tertiary/aromatic N) is 1. The highest BCUT2D eigenvalue weighted by molar-refractivity contribution is 6.00. The van der Waals surface area contributed by atoms with Crippen LogP contribution in [0.5, 0.6) is 0 Å². The van der Waals surface area contributed by atoms with E-state index in [0.29, 0.717) is 18.7 Å². The van der Waals surface area contributed by atoms with Crippen molar-refractivity contribution in [2.45, 2.75) is 38.9 Å². The van der Waals surface area contributed by atoms with E-state index in [1.165, 1.54) is 0 Å². The van der Waals surface area contributed by atoms with Gasteiger partial charge in [0.15, 0.2) is 0 Å². The van der Waals surface area contributed by atoms with E-state index in [0.717, 1.165) is 16.8 Å². The molecule has 2 aromatic carbocycles. The molecule has 3 N–H and O–H groups in total. The van der Waals surface area contributed by atoms with Crippen LogP contribution >= 0.6 is 0 Å². The first-order chi connectivity index (χ1) is 14.9. The number of amides is 1. The van der Waals surface area contributed by atoms with Gasteiger partial charge in [-0.3, -0.25) is 10.1 Å². The number of carbonyl (C=O) groups is 2. The molecule has 0 aliphatic carbocycles. The first-order valence-electron chi connectivity index (χ1n) is 10.6. The van der Waals surface area contributed by atoms with Crippen LogP contribution in [0.1, 0.15) is 47.2 Å². The number of hydrogen-bond donors (Lipinski definition) is 3. The molecule has 3 aromatic rings. The van der Waals surface area contributed by atoms with Crippen LogP contribution < -0.4 is 10.2 Å². The highest BCUT2D eigenvalue weighted by Crippen LogP contribution is 2.36. The Bertz CT molecular complexity index is 1060. The topological polar surface area (TPSA) is 85.4 Å². The molecule has 1 aliphatic rings. The summed E-state index contributed by atoms with van der Waals surface area (Å²) in [6.07, 6.45) is 0.560. The summed E-state index contributed by atoms with van der Waals surface area (Å²) in [7, 11) is 0. The number of rotatable bonds is 6. The predicted molar refractivity (Wildman–Crippen MR) is 120 cm³/mol. The van der Waals surface area contributed by atoms with Gasteiger partial charge in [-0.2, -0.15) is 0 Å². The van der Waals surface area contributed by atoms with E-state index in [4.69, 9.17) is 0 Å². The monoisotopic (exact) mass is 417 g/mol. The number of nitrogens with one attached hydrogen (secondary N) is 2. The van der Waals surface area contributed by atoms with Crippen LogP contribution in [0.15, 0.2) is 66.7 Å². The normalized spacial score (nSPS) is 18.7. The minimum atomic E-state index is -1.04. The first-order valence-corrected chi connectivity index (χ1v) is 10.6. The van der Waals surface area contributed by atoms with E-state index in [-0.39, 0.29) is 23.6 Å². The maximum atomic E-state index is 13.8. The Morgan fingerprint density at radius 1 is 1.03 bits per heavy atom. The van der Waals surface area contributed by atoms with Crippen LogP contribution in [0.25, 0.3) is 0 Å². The number of carboxylic acid groups (broad SMARTS) is 1. The molecule has 4 rings (SSSR count). The maximum Gasteiger partial charge on any atom is 0.352 e. The summed E-state index contributed by atoms with van der Waals surface area (Å²) in [4.78, 5) is 30.2. The average molecular weight is 418 g/mol. The zero-order valence-corrected chi connectivity index (χ0v) is 17.7. The molecule has 0 radical (unpaired) electrons. The molecule has 6 heteroatoms. The second-order valence-corrected chi connectivity index (χ2v) is 8.33. The molecule has 1 amide bonds. The Kier molecular flexibility index (Phi) is 5.91. The number of benzene rings is 2. The molecule has 1 aliphatic heterocycles. The number of anilines is 1. The Labute approximate surface area is 181 Å². The van der Waals surface area contributed by atoms with Gasteiger partial charge in [0, 0.05) is 0 Å². The van der Waals surface area contributed by atoms with Gasteiger partial charge in [0.25, 0.3) is 0 Å². The average Bonchev–Trinajstić information content (AvgIpc) is 3.17. The van der Waals surface area contributed by atoms with Crippen LogP contribution in [0.3, 0.4) is 0 Å². The molecule has 2 heterocycles. The van der Waals surface area contributed by atoms with Crippen molar-refractivity contribution in [2.24, 2.45) is 5.92 Å². The number of carboxylic acids is 1. The van der Waals surface area contributed by atoms with Crippen LogP contribution in [0, 0.1) is 5.92 Å². The lowest BCUT2D eigenvalue weighted by Crippen LogP contribution is -2.47. The van der Waals surface area contributed by atoms with E-state index in [9.17, 15) is 14.7 Å². The van der Waals surface area contributed by atoms with Gasteiger partial charge in [0.1, 0.15) is 5.69 Å². The second kappa shape index (κ2) is 8.78. The van der Waals surface area contributed by atoms with Gasteiger partial charge in [0.05, 0.1) is 30.0 Å². The fourth-order valence-corrected chi connectivity index (χ4v) is 4.16. The minimum absolute atomic E-state index is 0.0620. The molecule has 0 saturated heterocycles. The summed E-state index contributed by atoms with van der Waals surface area (Å²) < 4.78 is 0. The van der Waals surface area contributed by atoms with Crippen molar-refractivity contribution in [1.29, 1.82) is 0 Å². The van der Waals surface area contributed by atoms with E-state index >= 15 is 0 Å². The molecule has 31 heavy (non-hydrogen) atoms. The third kappa shape index (κ3) is 4.39. The number of aromatic amines is 1. The van der Waals surface area contributed by atoms with Gasteiger partial charge < -0.3 is 15.0 Å². The van der Waals surface area contributed by atoms with Crippen molar-refractivity contribution in [3.63, 3.8) is 0 Å². The molecule has 0 fully saturated rings. The van der Waals surface area contributed by atoms with Crippen LogP contribution in [-0.4, -0.2) is 28.0 Å². The van der Waals surface area contributed by atoms with Crippen molar-refractivity contribution >= 4 is 17.6 Å². The number of fused-ring (bicyclic) bond motifs is 1. The Balaban J connectivity index is 1.78. The molecule has 0 saturated carbocycles. The van der Waals surface area contributed by atoms with E-state index in [1.807, 2.05) is 60.7 Å². The van der Waals surface area contributed by atoms with Gasteiger partial charge in [-0.1, -0.05) is 74.5 Å². The van der Waals surface area contributed by atoms with Gasteiger partial charge in [-0.25, -0.2) is 4.79 Å². The number of carbonyl (C=O) groups excluding carboxylic acids is 1. The highest BCUT2D eigenvalue weighted by atomic mass is 16.4. The summed E-state index contributed by atoms with van der Waals surface area (Å²) in [6.45, 7) is 4.51. The molecule has 0 spiro atoms. The smallest absolute Gasteiger partial charge is 0.352 e.